The van der Waals surface area contributed by atoms with Crippen LogP contribution < -0.4 is 10.6 Å². The molecule has 1 rings (SSSR count). The Kier molecular flexibility index (Phi) is 6.46. The lowest BCUT2D eigenvalue weighted by molar-refractivity contribution is -0.127. The Balaban J connectivity index is 2.14. The molecular formula is C15H28N2O3. The fourth-order valence-corrected chi connectivity index (χ4v) is 2.31. The Morgan fingerprint density at radius 3 is 2.30 bits per heavy atom. The van der Waals surface area contributed by atoms with Gasteiger partial charge in [0.2, 0.25) is 11.8 Å². The molecule has 1 saturated carbocycles. The zero-order valence-electron chi connectivity index (χ0n) is 12.9. The van der Waals surface area contributed by atoms with E-state index in [1.807, 2.05) is 20.8 Å². The monoisotopic (exact) mass is 284 g/mol. The fourth-order valence-electron chi connectivity index (χ4n) is 2.31. The lowest BCUT2D eigenvalue weighted by Crippen LogP contribution is -2.43. The smallest absolute Gasteiger partial charge is 0.239 e. The molecule has 1 atom stereocenters. The van der Waals surface area contributed by atoms with Crippen LogP contribution in [-0.2, 0) is 9.59 Å². The standard InChI is InChI=1S/C15H28N2O3/c1-15(2,3)12(18)9-16-14(20)10-17-13(19)8-11-6-4-5-7-11/h11-12,18H,4-10H2,1-3H3,(H,16,20)(H,17,19). The Bertz CT molecular complexity index is 331. The first kappa shape index (κ1) is 17.0. The van der Waals surface area contributed by atoms with E-state index in [1.165, 1.54) is 12.8 Å². The molecule has 1 aliphatic rings. The molecule has 0 spiro atoms. The Labute approximate surface area is 121 Å². The Morgan fingerprint density at radius 1 is 1.15 bits per heavy atom. The van der Waals surface area contributed by atoms with Gasteiger partial charge in [-0.05, 0) is 24.2 Å². The van der Waals surface area contributed by atoms with Gasteiger partial charge in [-0.3, -0.25) is 9.59 Å². The highest BCUT2D eigenvalue weighted by Crippen LogP contribution is 2.27. The van der Waals surface area contributed by atoms with Crippen molar-refractivity contribution in [3.8, 4) is 0 Å². The maximum absolute atomic E-state index is 11.7. The number of hydrogen-bond acceptors (Lipinski definition) is 3. The SMILES string of the molecule is CC(C)(C)C(O)CNC(=O)CNC(=O)CC1CCCC1. The Hall–Kier alpha value is -1.10. The average Bonchev–Trinajstić information content (AvgIpc) is 2.84. The molecule has 0 saturated heterocycles. The van der Waals surface area contributed by atoms with Gasteiger partial charge in [0.25, 0.3) is 0 Å². The molecule has 0 heterocycles. The van der Waals surface area contributed by atoms with Crippen molar-refractivity contribution in [2.24, 2.45) is 11.3 Å². The summed E-state index contributed by atoms with van der Waals surface area (Å²) in [7, 11) is 0. The van der Waals surface area contributed by atoms with Crippen LogP contribution in [0.15, 0.2) is 0 Å². The highest BCUT2D eigenvalue weighted by Gasteiger charge is 2.22. The minimum atomic E-state index is -0.597. The number of hydrogen-bond donors (Lipinski definition) is 3. The van der Waals surface area contributed by atoms with Crippen molar-refractivity contribution in [3.05, 3.63) is 0 Å². The van der Waals surface area contributed by atoms with Crippen LogP contribution in [0.4, 0.5) is 0 Å². The van der Waals surface area contributed by atoms with Crippen LogP contribution in [0.3, 0.4) is 0 Å². The topological polar surface area (TPSA) is 78.4 Å². The van der Waals surface area contributed by atoms with Gasteiger partial charge in [-0.2, -0.15) is 0 Å². The van der Waals surface area contributed by atoms with Crippen molar-refractivity contribution in [2.45, 2.75) is 59.0 Å². The zero-order chi connectivity index (χ0) is 15.2. The van der Waals surface area contributed by atoms with E-state index in [0.717, 1.165) is 12.8 Å². The summed E-state index contributed by atoms with van der Waals surface area (Å²) < 4.78 is 0. The van der Waals surface area contributed by atoms with Gasteiger partial charge in [0.1, 0.15) is 0 Å². The highest BCUT2D eigenvalue weighted by atomic mass is 16.3. The van der Waals surface area contributed by atoms with E-state index in [-0.39, 0.29) is 30.3 Å². The molecule has 0 aromatic heterocycles. The molecule has 0 aromatic rings. The van der Waals surface area contributed by atoms with Crippen LogP contribution in [0.25, 0.3) is 0 Å². The summed E-state index contributed by atoms with van der Waals surface area (Å²) >= 11 is 0. The molecule has 116 valence electrons. The molecule has 0 radical (unpaired) electrons. The van der Waals surface area contributed by atoms with Crippen molar-refractivity contribution < 1.29 is 14.7 Å². The summed E-state index contributed by atoms with van der Waals surface area (Å²) in [4.78, 5) is 23.2. The molecule has 1 unspecified atom stereocenters. The van der Waals surface area contributed by atoms with Crippen molar-refractivity contribution in [1.29, 1.82) is 0 Å². The van der Waals surface area contributed by atoms with E-state index in [0.29, 0.717) is 12.3 Å². The third kappa shape index (κ3) is 6.37. The molecule has 3 N–H and O–H groups in total. The summed E-state index contributed by atoms with van der Waals surface area (Å²) in [6.45, 7) is 5.93. The number of aliphatic hydroxyl groups excluding tert-OH is 1. The second-order valence-corrected chi connectivity index (χ2v) is 6.82. The first-order chi connectivity index (χ1) is 9.29. The van der Waals surface area contributed by atoms with Crippen LogP contribution in [0.5, 0.6) is 0 Å². The van der Waals surface area contributed by atoms with Crippen LogP contribution in [0.1, 0.15) is 52.9 Å². The average molecular weight is 284 g/mol. The van der Waals surface area contributed by atoms with Crippen molar-refractivity contribution >= 4 is 11.8 Å². The van der Waals surface area contributed by atoms with Crippen molar-refractivity contribution in [1.82, 2.24) is 10.6 Å². The van der Waals surface area contributed by atoms with E-state index in [2.05, 4.69) is 10.6 Å². The van der Waals surface area contributed by atoms with Gasteiger partial charge < -0.3 is 15.7 Å². The molecular weight excluding hydrogens is 256 g/mol. The van der Waals surface area contributed by atoms with Gasteiger partial charge in [-0.1, -0.05) is 33.6 Å². The third-order valence-corrected chi connectivity index (χ3v) is 3.89. The number of nitrogens with one attached hydrogen (secondary N) is 2. The van der Waals surface area contributed by atoms with Crippen LogP contribution in [0, 0.1) is 11.3 Å². The second kappa shape index (κ2) is 7.62. The lowest BCUT2D eigenvalue weighted by atomic mass is 9.89. The van der Waals surface area contributed by atoms with Gasteiger partial charge in [-0.25, -0.2) is 0 Å². The molecule has 0 aliphatic heterocycles. The summed E-state index contributed by atoms with van der Waals surface area (Å²) in [6.07, 6.45) is 4.60. The molecule has 5 nitrogen and oxygen atoms in total. The summed E-state index contributed by atoms with van der Waals surface area (Å²) in [5.74, 6) is 0.178. The molecule has 2 amide bonds. The highest BCUT2D eigenvalue weighted by molar-refractivity contribution is 5.84. The van der Waals surface area contributed by atoms with E-state index in [9.17, 15) is 14.7 Å². The molecule has 0 aromatic carbocycles. The molecule has 1 aliphatic carbocycles. The minimum absolute atomic E-state index is 0.0115. The quantitative estimate of drug-likeness (QED) is 0.686. The first-order valence-corrected chi connectivity index (χ1v) is 7.50. The zero-order valence-corrected chi connectivity index (χ0v) is 12.9. The number of aliphatic hydroxyl groups is 1. The number of rotatable bonds is 6. The van der Waals surface area contributed by atoms with Crippen LogP contribution >= 0.6 is 0 Å². The van der Waals surface area contributed by atoms with Crippen LogP contribution in [0.2, 0.25) is 0 Å². The van der Waals surface area contributed by atoms with Gasteiger partial charge in [0.15, 0.2) is 0 Å². The molecule has 5 heteroatoms. The maximum Gasteiger partial charge on any atom is 0.239 e. The van der Waals surface area contributed by atoms with Crippen molar-refractivity contribution in [2.75, 3.05) is 13.1 Å². The van der Waals surface area contributed by atoms with E-state index in [1.54, 1.807) is 0 Å². The van der Waals surface area contributed by atoms with Gasteiger partial charge in [0, 0.05) is 13.0 Å². The third-order valence-electron chi connectivity index (χ3n) is 3.89. The predicted molar refractivity (Wildman–Crippen MR) is 78.1 cm³/mol. The Morgan fingerprint density at radius 2 is 1.75 bits per heavy atom. The molecule has 0 bridgehead atoms. The predicted octanol–water partition coefficient (Wildman–Crippen LogP) is 1.21. The molecule has 20 heavy (non-hydrogen) atoms. The van der Waals surface area contributed by atoms with Gasteiger partial charge in [-0.15, -0.1) is 0 Å². The van der Waals surface area contributed by atoms with Gasteiger partial charge >= 0.3 is 0 Å². The number of carbonyl (C=O) groups is 2. The fraction of sp³-hybridized carbons (Fsp3) is 0.867. The van der Waals surface area contributed by atoms with Crippen molar-refractivity contribution in [3.63, 3.8) is 0 Å². The number of carbonyl (C=O) groups excluding carboxylic acids is 2. The summed E-state index contributed by atoms with van der Waals surface area (Å²) in [5, 5.41) is 15.1. The number of amides is 2. The normalized spacial score (nSPS) is 17.8. The first-order valence-electron chi connectivity index (χ1n) is 7.50. The van der Waals surface area contributed by atoms with E-state index in [4.69, 9.17) is 0 Å². The van der Waals surface area contributed by atoms with E-state index < -0.39 is 6.10 Å². The lowest BCUT2D eigenvalue weighted by Gasteiger charge is -2.25. The van der Waals surface area contributed by atoms with Gasteiger partial charge in [0.05, 0.1) is 12.6 Å². The second-order valence-electron chi connectivity index (χ2n) is 6.82. The van der Waals surface area contributed by atoms with E-state index >= 15 is 0 Å². The van der Waals surface area contributed by atoms with Crippen LogP contribution in [-0.4, -0.2) is 36.1 Å². The minimum Gasteiger partial charge on any atom is -0.391 e. The largest absolute Gasteiger partial charge is 0.391 e. The molecule has 1 fully saturated rings. The summed E-state index contributed by atoms with van der Waals surface area (Å²) in [5.41, 5.74) is -0.265. The summed E-state index contributed by atoms with van der Waals surface area (Å²) in [6, 6.07) is 0. The maximum atomic E-state index is 11.7.